The van der Waals surface area contributed by atoms with Crippen molar-refractivity contribution in [2.45, 2.75) is 17.4 Å². The number of anilines is 1. The minimum atomic E-state index is -1.29. The molecule has 2 aromatic carbocycles. The maximum Gasteiger partial charge on any atom is 0.405 e. The van der Waals surface area contributed by atoms with E-state index >= 15 is 0 Å². The van der Waals surface area contributed by atoms with Gasteiger partial charge in [-0.05, 0) is 24.3 Å². The highest BCUT2D eigenvalue weighted by Crippen LogP contribution is 2.42. The number of carbonyl (C=O) groups excluding carboxylic acids is 1. The Bertz CT molecular complexity index is 916. The molecule has 2 amide bonds. The van der Waals surface area contributed by atoms with Gasteiger partial charge in [-0.1, -0.05) is 0 Å². The Morgan fingerprint density at radius 1 is 1.18 bits per heavy atom. The fourth-order valence-electron chi connectivity index (χ4n) is 2.80. The van der Waals surface area contributed by atoms with Gasteiger partial charge in [-0.2, -0.15) is 3.89 Å². The van der Waals surface area contributed by atoms with Gasteiger partial charge in [-0.3, -0.25) is 4.79 Å². The van der Waals surface area contributed by atoms with E-state index in [9.17, 15) is 22.3 Å². The Morgan fingerprint density at radius 3 is 2.57 bits per heavy atom. The van der Waals surface area contributed by atoms with Crippen molar-refractivity contribution in [3.05, 3.63) is 53.1 Å². The first-order valence-electron chi connectivity index (χ1n) is 7.75. The lowest BCUT2D eigenvalue weighted by Crippen LogP contribution is -2.32. The van der Waals surface area contributed by atoms with Gasteiger partial charge in [0.25, 0.3) is 5.91 Å². The Labute approximate surface area is 168 Å². The summed E-state index contributed by atoms with van der Waals surface area (Å²) in [4.78, 5) is 23.7. The molecular formula is C17H14ClF3N2O4S. The molecule has 0 radical (unpaired) electrons. The first-order chi connectivity index (χ1) is 12.9. The minimum Gasteiger partial charge on any atom is -0.492 e. The summed E-state index contributed by atoms with van der Waals surface area (Å²) in [6, 6.07) is 4.77. The molecule has 1 atom stereocenters. The number of hydrogen-bond donors (Lipinski definition) is 3. The quantitative estimate of drug-likeness (QED) is 0.649. The number of hydrogen-bond acceptors (Lipinski definition) is 4. The Kier molecular flexibility index (Phi) is 7.03. The smallest absolute Gasteiger partial charge is 0.405 e. The highest BCUT2D eigenvalue weighted by Gasteiger charge is 2.30. The minimum absolute atomic E-state index is 0. The molecule has 0 aromatic heterocycles. The number of amides is 2. The molecule has 0 fully saturated rings. The van der Waals surface area contributed by atoms with Gasteiger partial charge < -0.3 is 20.5 Å². The number of fused-ring (bicyclic) bond motifs is 1. The topological polar surface area (TPSA) is 87.7 Å². The second-order valence-electron chi connectivity index (χ2n) is 5.65. The van der Waals surface area contributed by atoms with Crippen molar-refractivity contribution in [1.82, 2.24) is 5.32 Å². The van der Waals surface area contributed by atoms with E-state index in [1.165, 1.54) is 18.2 Å². The summed E-state index contributed by atoms with van der Waals surface area (Å²) in [5.41, 5.74) is 0.256. The van der Waals surface area contributed by atoms with Crippen molar-refractivity contribution in [2.75, 3.05) is 11.9 Å². The van der Waals surface area contributed by atoms with Crippen molar-refractivity contribution in [1.29, 1.82) is 0 Å². The summed E-state index contributed by atoms with van der Waals surface area (Å²) in [7, 11) is 0. The van der Waals surface area contributed by atoms with E-state index in [-0.39, 0.29) is 65.0 Å². The van der Waals surface area contributed by atoms with Gasteiger partial charge in [0.15, 0.2) is 11.6 Å². The molecule has 1 heterocycles. The van der Waals surface area contributed by atoms with Gasteiger partial charge in [-0.15, -0.1) is 12.4 Å². The lowest BCUT2D eigenvalue weighted by molar-refractivity contribution is 0.102. The zero-order chi connectivity index (χ0) is 19.6. The van der Waals surface area contributed by atoms with E-state index in [2.05, 4.69) is 10.6 Å². The number of rotatable bonds is 4. The molecule has 1 aliphatic heterocycles. The lowest BCUT2D eigenvalue weighted by Gasteiger charge is -2.28. The molecule has 0 aliphatic carbocycles. The van der Waals surface area contributed by atoms with Crippen LogP contribution in [-0.4, -0.2) is 23.7 Å². The van der Waals surface area contributed by atoms with Crippen LogP contribution in [0.1, 0.15) is 28.4 Å². The highest BCUT2D eigenvalue weighted by molar-refractivity contribution is 7.94. The van der Waals surface area contributed by atoms with E-state index in [4.69, 9.17) is 9.84 Å². The number of carbonyl (C=O) groups is 2. The van der Waals surface area contributed by atoms with Gasteiger partial charge in [0, 0.05) is 28.6 Å². The van der Waals surface area contributed by atoms with E-state index in [1.54, 1.807) is 0 Å². The number of benzene rings is 2. The van der Waals surface area contributed by atoms with Crippen molar-refractivity contribution in [3.8, 4) is 5.75 Å². The van der Waals surface area contributed by atoms with Crippen LogP contribution in [0.25, 0.3) is 0 Å². The average molecular weight is 435 g/mol. The molecule has 2 aromatic rings. The first-order valence-corrected chi connectivity index (χ1v) is 8.46. The van der Waals surface area contributed by atoms with Crippen LogP contribution in [-0.2, 0) is 0 Å². The second kappa shape index (κ2) is 9.07. The third-order valence-corrected chi connectivity index (χ3v) is 4.48. The number of nitrogens with one attached hydrogen (secondary N) is 2. The molecule has 0 saturated heterocycles. The maximum atomic E-state index is 13.3. The third kappa shape index (κ3) is 4.45. The van der Waals surface area contributed by atoms with E-state index < -0.39 is 29.7 Å². The van der Waals surface area contributed by atoms with E-state index in [0.717, 1.165) is 12.1 Å². The predicted molar refractivity (Wildman–Crippen MR) is 99.0 cm³/mol. The summed E-state index contributed by atoms with van der Waals surface area (Å²) in [6.07, 6.45) is -1.03. The Balaban J connectivity index is 0.00000280. The molecule has 6 nitrogen and oxygen atoms in total. The molecule has 1 aliphatic rings. The summed E-state index contributed by atoms with van der Waals surface area (Å²) >= 11 is -0.0937. The normalized spacial score (nSPS) is 14.9. The standard InChI is InChI=1S/C17H13F3N2O4S.ClH/c18-10-3-1-8(7-11(10)19)21-16(23)9-2-4-13(27-20)14-12(22-17(24)25)5-6-26-15(9)14;/h1-4,7,12,22H,5-6H2,(H,21,23)(H,24,25);1H/t12-;/m1./s1. The largest absolute Gasteiger partial charge is 0.492 e. The van der Waals surface area contributed by atoms with Crippen LogP contribution in [0.3, 0.4) is 0 Å². The van der Waals surface area contributed by atoms with Gasteiger partial charge >= 0.3 is 6.09 Å². The van der Waals surface area contributed by atoms with E-state index in [1.807, 2.05) is 0 Å². The SMILES string of the molecule is Cl.O=C(O)N[C@@H]1CCOc2c(C(=O)Nc3ccc(F)c(F)c3)ccc(SF)c21. The fourth-order valence-corrected chi connectivity index (χ4v) is 3.24. The molecule has 11 heteroatoms. The van der Waals surface area contributed by atoms with Crippen LogP contribution in [0, 0.1) is 11.6 Å². The van der Waals surface area contributed by atoms with Gasteiger partial charge in [0.05, 0.1) is 30.4 Å². The van der Waals surface area contributed by atoms with Crippen LogP contribution < -0.4 is 15.4 Å². The molecule has 3 rings (SSSR count). The van der Waals surface area contributed by atoms with Crippen LogP contribution in [0.4, 0.5) is 23.1 Å². The molecule has 28 heavy (non-hydrogen) atoms. The predicted octanol–water partition coefficient (Wildman–Crippen LogP) is 4.71. The monoisotopic (exact) mass is 434 g/mol. The number of carboxylic acid groups (broad SMARTS) is 1. The molecule has 0 spiro atoms. The Hall–Kier alpha value is -2.59. The lowest BCUT2D eigenvalue weighted by atomic mass is 9.97. The van der Waals surface area contributed by atoms with Crippen LogP contribution in [0.2, 0.25) is 0 Å². The highest BCUT2D eigenvalue weighted by atomic mass is 35.5. The van der Waals surface area contributed by atoms with Gasteiger partial charge in [0.2, 0.25) is 0 Å². The average Bonchev–Trinajstić information content (AvgIpc) is 2.63. The zero-order valence-corrected chi connectivity index (χ0v) is 15.6. The van der Waals surface area contributed by atoms with Crippen molar-refractivity contribution < 1.29 is 32.1 Å². The Morgan fingerprint density at radius 2 is 1.93 bits per heavy atom. The molecule has 0 bridgehead atoms. The summed E-state index contributed by atoms with van der Waals surface area (Å²) in [6.45, 7) is 0.115. The fraction of sp³-hybridized carbons (Fsp3) is 0.176. The maximum absolute atomic E-state index is 13.3. The zero-order valence-electron chi connectivity index (χ0n) is 14.0. The van der Waals surface area contributed by atoms with Crippen molar-refractivity contribution in [2.24, 2.45) is 0 Å². The van der Waals surface area contributed by atoms with E-state index in [0.29, 0.717) is 0 Å². The summed E-state index contributed by atoms with van der Waals surface area (Å²) in [5, 5.41) is 13.7. The van der Waals surface area contributed by atoms with Gasteiger partial charge in [0.1, 0.15) is 5.75 Å². The second-order valence-corrected chi connectivity index (χ2v) is 6.25. The number of ether oxygens (including phenoxy) is 1. The summed E-state index contributed by atoms with van der Waals surface area (Å²) < 4.78 is 45.1. The molecular weight excluding hydrogens is 421 g/mol. The third-order valence-electron chi connectivity index (χ3n) is 3.96. The first kappa shape index (κ1) is 21.7. The molecule has 0 unspecified atom stereocenters. The van der Waals surface area contributed by atoms with Crippen LogP contribution >= 0.6 is 24.6 Å². The van der Waals surface area contributed by atoms with Crippen molar-refractivity contribution >= 4 is 42.2 Å². The van der Waals surface area contributed by atoms with Crippen LogP contribution in [0.15, 0.2) is 35.2 Å². The van der Waals surface area contributed by atoms with Gasteiger partial charge in [-0.25, -0.2) is 13.6 Å². The molecule has 150 valence electrons. The van der Waals surface area contributed by atoms with Crippen molar-refractivity contribution in [3.63, 3.8) is 0 Å². The van der Waals surface area contributed by atoms with Crippen LogP contribution in [0.5, 0.6) is 5.75 Å². The molecule has 3 N–H and O–H groups in total. The summed E-state index contributed by atoms with van der Waals surface area (Å²) in [5.74, 6) is -2.83. The number of halogens is 4. The molecule has 0 saturated carbocycles.